The molecular formula is C11H20N8S. The number of thioether (sulfide) groups is 1. The van der Waals surface area contributed by atoms with Gasteiger partial charge in [-0.05, 0) is 23.3 Å². The first-order chi connectivity index (χ1) is 9.80. The fraction of sp³-hybridized carbons (Fsp3) is 0.727. The molecule has 0 aliphatic rings. The topological polar surface area (TPSA) is 100 Å². The predicted molar refractivity (Wildman–Crippen MR) is 75.9 cm³/mol. The van der Waals surface area contributed by atoms with Crippen molar-refractivity contribution in [3.63, 3.8) is 0 Å². The molecule has 0 aliphatic carbocycles. The van der Waals surface area contributed by atoms with Crippen molar-refractivity contribution in [2.45, 2.75) is 57.2 Å². The van der Waals surface area contributed by atoms with E-state index in [1.54, 1.807) is 11.8 Å². The zero-order valence-electron chi connectivity index (χ0n) is 11.9. The maximum Gasteiger partial charge on any atom is 0.191 e. The Bertz CT molecular complexity index is 534. The van der Waals surface area contributed by atoms with E-state index in [0.29, 0.717) is 12.3 Å². The Morgan fingerprint density at radius 3 is 2.55 bits per heavy atom. The molecule has 8 nitrogen and oxygen atoms in total. The molecule has 0 saturated carbocycles. The molecule has 0 fully saturated rings. The molecule has 0 saturated heterocycles. The third kappa shape index (κ3) is 3.34. The average Bonchev–Trinajstić information content (AvgIpc) is 3.04. The van der Waals surface area contributed by atoms with Gasteiger partial charge in [0, 0.05) is 13.1 Å². The highest BCUT2D eigenvalue weighted by molar-refractivity contribution is 7.98. The summed E-state index contributed by atoms with van der Waals surface area (Å²) in [6.07, 6.45) is 2.03. The van der Waals surface area contributed by atoms with Crippen molar-refractivity contribution < 1.29 is 0 Å². The van der Waals surface area contributed by atoms with Crippen molar-refractivity contribution in [2.75, 3.05) is 0 Å². The summed E-state index contributed by atoms with van der Waals surface area (Å²) >= 11 is 1.59. The van der Waals surface area contributed by atoms with Crippen molar-refractivity contribution in [3.8, 4) is 0 Å². The van der Waals surface area contributed by atoms with Crippen LogP contribution in [0.25, 0.3) is 0 Å². The molecule has 0 amide bonds. The van der Waals surface area contributed by atoms with Crippen LogP contribution in [0.1, 0.15) is 38.3 Å². The van der Waals surface area contributed by atoms with E-state index in [1.807, 2.05) is 4.68 Å². The Morgan fingerprint density at radius 2 is 1.85 bits per heavy atom. The van der Waals surface area contributed by atoms with E-state index in [2.05, 4.69) is 44.1 Å². The van der Waals surface area contributed by atoms with E-state index < -0.39 is 0 Å². The van der Waals surface area contributed by atoms with Crippen molar-refractivity contribution in [2.24, 2.45) is 5.73 Å². The number of rotatable bonds is 8. The molecule has 0 radical (unpaired) electrons. The Labute approximate surface area is 122 Å². The van der Waals surface area contributed by atoms with E-state index >= 15 is 0 Å². The molecule has 110 valence electrons. The number of nitrogens with zero attached hydrogens (tertiary/aromatic N) is 7. The van der Waals surface area contributed by atoms with E-state index in [0.717, 1.165) is 42.7 Å². The van der Waals surface area contributed by atoms with Crippen molar-refractivity contribution >= 4 is 11.8 Å². The van der Waals surface area contributed by atoms with E-state index in [-0.39, 0.29) is 0 Å². The molecule has 2 aromatic rings. The van der Waals surface area contributed by atoms with Gasteiger partial charge in [0.2, 0.25) is 0 Å². The molecule has 0 spiro atoms. The molecule has 0 bridgehead atoms. The van der Waals surface area contributed by atoms with E-state index in [4.69, 9.17) is 5.73 Å². The van der Waals surface area contributed by atoms with Gasteiger partial charge in [0.05, 0.1) is 12.3 Å². The van der Waals surface area contributed by atoms with Gasteiger partial charge in [0.25, 0.3) is 0 Å². The van der Waals surface area contributed by atoms with E-state index in [1.165, 1.54) is 0 Å². The summed E-state index contributed by atoms with van der Waals surface area (Å²) in [5, 5.41) is 20.9. The first-order valence-corrected chi connectivity index (χ1v) is 7.78. The largest absolute Gasteiger partial charge is 0.324 e. The van der Waals surface area contributed by atoms with Gasteiger partial charge in [0.1, 0.15) is 5.82 Å². The van der Waals surface area contributed by atoms with Crippen LogP contribution < -0.4 is 5.73 Å². The number of aromatic nitrogens is 7. The first-order valence-electron chi connectivity index (χ1n) is 6.80. The normalized spacial score (nSPS) is 11.2. The average molecular weight is 296 g/mol. The Morgan fingerprint density at radius 1 is 1.05 bits per heavy atom. The molecular weight excluding hydrogens is 276 g/mol. The maximum atomic E-state index is 5.68. The lowest BCUT2D eigenvalue weighted by molar-refractivity contribution is 0.563. The number of hydrogen-bond acceptors (Lipinski definition) is 7. The molecule has 0 aromatic carbocycles. The van der Waals surface area contributed by atoms with E-state index in [9.17, 15) is 0 Å². The summed E-state index contributed by atoms with van der Waals surface area (Å²) in [6.45, 7) is 6.34. The third-order valence-electron chi connectivity index (χ3n) is 2.80. The molecule has 0 unspecified atom stereocenters. The van der Waals surface area contributed by atoms with Crippen LogP contribution >= 0.6 is 11.8 Å². The van der Waals surface area contributed by atoms with Crippen LogP contribution in [0.3, 0.4) is 0 Å². The molecule has 9 heteroatoms. The van der Waals surface area contributed by atoms with Crippen molar-refractivity contribution in [1.29, 1.82) is 0 Å². The molecule has 2 heterocycles. The molecule has 2 aromatic heterocycles. The maximum absolute atomic E-state index is 5.68. The highest BCUT2D eigenvalue weighted by atomic mass is 32.2. The second kappa shape index (κ2) is 7.34. The van der Waals surface area contributed by atoms with Crippen LogP contribution in [0, 0.1) is 0 Å². The van der Waals surface area contributed by atoms with Crippen LogP contribution in [-0.2, 0) is 25.4 Å². The summed E-state index contributed by atoms with van der Waals surface area (Å²) in [7, 11) is 0. The lowest BCUT2D eigenvalue weighted by Crippen LogP contribution is -2.09. The summed E-state index contributed by atoms with van der Waals surface area (Å²) in [5.41, 5.74) is 5.68. The lowest BCUT2D eigenvalue weighted by atomic mass is 10.4. The number of hydrogen-bond donors (Lipinski definition) is 1. The number of tetrazole rings is 1. The quantitative estimate of drug-likeness (QED) is 0.720. The minimum Gasteiger partial charge on any atom is -0.324 e. The van der Waals surface area contributed by atoms with Crippen molar-refractivity contribution in [3.05, 3.63) is 11.6 Å². The van der Waals surface area contributed by atoms with Crippen LogP contribution in [-0.4, -0.2) is 35.0 Å². The highest BCUT2D eigenvalue weighted by Gasteiger charge is 2.13. The second-order valence-electron chi connectivity index (χ2n) is 4.36. The number of nitrogens with two attached hydrogens (primary N) is 1. The fourth-order valence-corrected chi connectivity index (χ4v) is 2.78. The highest BCUT2D eigenvalue weighted by Crippen LogP contribution is 2.21. The SMILES string of the molecule is CCCn1nnnc1CSc1nnc(CN)n1CCC. The molecule has 20 heavy (non-hydrogen) atoms. The van der Waals surface area contributed by atoms with Gasteiger partial charge in [0.15, 0.2) is 11.0 Å². The smallest absolute Gasteiger partial charge is 0.191 e. The Balaban J connectivity index is 2.06. The third-order valence-corrected chi connectivity index (χ3v) is 3.76. The predicted octanol–water partition coefficient (Wildman–Crippen LogP) is 0.836. The van der Waals surface area contributed by atoms with Crippen LogP contribution in [0.4, 0.5) is 0 Å². The first kappa shape index (κ1) is 14.9. The van der Waals surface area contributed by atoms with Gasteiger partial charge >= 0.3 is 0 Å². The van der Waals surface area contributed by atoms with Gasteiger partial charge in [-0.15, -0.1) is 15.3 Å². The Kier molecular flexibility index (Phi) is 5.48. The standard InChI is InChI=1S/C11H20N8S/c1-3-5-18-9(7-12)13-15-11(18)20-8-10-14-16-17-19(10)6-4-2/h3-8,12H2,1-2H3. The molecule has 2 rings (SSSR count). The van der Waals surface area contributed by atoms with Crippen LogP contribution in [0.15, 0.2) is 5.16 Å². The minimum atomic E-state index is 0.404. The minimum absolute atomic E-state index is 0.404. The van der Waals surface area contributed by atoms with Gasteiger partial charge in [-0.2, -0.15) is 0 Å². The Hall–Kier alpha value is -1.48. The summed E-state index contributed by atoms with van der Waals surface area (Å²) in [6, 6.07) is 0. The van der Waals surface area contributed by atoms with Gasteiger partial charge in [-0.3, -0.25) is 0 Å². The van der Waals surface area contributed by atoms with Gasteiger partial charge < -0.3 is 10.3 Å². The molecule has 2 N–H and O–H groups in total. The summed E-state index contributed by atoms with van der Waals surface area (Å²) < 4.78 is 3.90. The number of aryl methyl sites for hydroxylation is 1. The summed E-state index contributed by atoms with van der Waals surface area (Å²) in [5.74, 6) is 2.36. The lowest BCUT2D eigenvalue weighted by Gasteiger charge is -2.07. The second-order valence-corrected chi connectivity index (χ2v) is 5.30. The van der Waals surface area contributed by atoms with Crippen LogP contribution in [0.5, 0.6) is 0 Å². The van der Waals surface area contributed by atoms with Crippen LogP contribution in [0.2, 0.25) is 0 Å². The monoisotopic (exact) mass is 296 g/mol. The summed E-state index contributed by atoms with van der Waals surface area (Å²) in [4.78, 5) is 0. The van der Waals surface area contributed by atoms with Gasteiger partial charge in [-0.25, -0.2) is 4.68 Å². The van der Waals surface area contributed by atoms with Gasteiger partial charge in [-0.1, -0.05) is 25.6 Å². The van der Waals surface area contributed by atoms with Crippen molar-refractivity contribution in [1.82, 2.24) is 35.0 Å². The zero-order valence-corrected chi connectivity index (χ0v) is 12.7. The molecule has 0 aliphatic heterocycles. The fourth-order valence-electron chi connectivity index (χ4n) is 1.87. The molecule has 0 atom stereocenters. The zero-order chi connectivity index (χ0) is 14.4.